The minimum absolute atomic E-state index is 0.159. The van der Waals surface area contributed by atoms with Gasteiger partial charge in [0.1, 0.15) is 5.75 Å². The largest absolute Gasteiger partial charge is 0.508 e. The topological polar surface area (TPSA) is 53.4 Å². The zero-order valence-corrected chi connectivity index (χ0v) is 12.0. The lowest BCUT2D eigenvalue weighted by molar-refractivity contribution is 0.0701. The van der Waals surface area contributed by atoms with E-state index >= 15 is 0 Å². The quantitative estimate of drug-likeness (QED) is 0.879. The minimum Gasteiger partial charge on any atom is -0.508 e. The second kappa shape index (κ2) is 6.35. The molecule has 1 unspecified atom stereocenters. The predicted octanol–water partition coefficient (Wildman–Crippen LogP) is 3.15. The lowest BCUT2D eigenvalue weighted by Gasteiger charge is -2.28. The maximum absolute atomic E-state index is 12.8. The van der Waals surface area contributed by atoms with Crippen LogP contribution in [0.15, 0.2) is 42.6 Å². The van der Waals surface area contributed by atoms with E-state index in [9.17, 15) is 14.3 Å². The zero-order valence-electron chi connectivity index (χ0n) is 12.0. The molecule has 0 bridgehead atoms. The Balaban J connectivity index is 2.26. The van der Waals surface area contributed by atoms with Gasteiger partial charge in [-0.3, -0.25) is 4.79 Å². The van der Waals surface area contributed by atoms with Crippen LogP contribution in [-0.4, -0.2) is 27.4 Å². The molecule has 0 aliphatic heterocycles. The molecule has 0 spiro atoms. The van der Waals surface area contributed by atoms with Crippen molar-refractivity contribution in [1.82, 2.24) is 9.88 Å². The van der Waals surface area contributed by atoms with Crippen molar-refractivity contribution in [2.24, 2.45) is 0 Å². The zero-order chi connectivity index (χ0) is 15.4. The molecule has 4 nitrogen and oxygen atoms in total. The van der Waals surface area contributed by atoms with Crippen LogP contribution in [0.2, 0.25) is 0 Å². The molecule has 1 aromatic carbocycles. The summed E-state index contributed by atoms with van der Waals surface area (Å²) >= 11 is 0. The molecule has 0 radical (unpaired) electrons. The van der Waals surface area contributed by atoms with Gasteiger partial charge in [0, 0.05) is 12.7 Å². The average molecular weight is 288 g/mol. The number of amides is 1. The normalized spacial score (nSPS) is 12.0. The second-order valence-corrected chi connectivity index (χ2v) is 4.73. The Kier molecular flexibility index (Phi) is 4.52. The number of carbonyl (C=O) groups excluding carboxylic acids is 1. The molecule has 1 N–H and O–H groups in total. The third-order valence-electron chi connectivity index (χ3n) is 3.40. The van der Waals surface area contributed by atoms with Gasteiger partial charge in [-0.2, -0.15) is 4.39 Å². The molecule has 2 aromatic rings. The summed E-state index contributed by atoms with van der Waals surface area (Å²) in [5, 5.41) is 9.55. The SMILES string of the molecule is CCN(C(=O)c1ccc(F)nc1)C(C)c1cccc(O)c1. The monoisotopic (exact) mass is 288 g/mol. The van der Waals surface area contributed by atoms with Crippen LogP contribution in [0.3, 0.4) is 0 Å². The van der Waals surface area contributed by atoms with E-state index in [4.69, 9.17) is 0 Å². The average Bonchev–Trinajstić information content (AvgIpc) is 2.48. The first kappa shape index (κ1) is 15.0. The van der Waals surface area contributed by atoms with Gasteiger partial charge in [0.15, 0.2) is 0 Å². The molecule has 0 saturated carbocycles. The molecule has 0 fully saturated rings. The third kappa shape index (κ3) is 3.37. The highest BCUT2D eigenvalue weighted by Crippen LogP contribution is 2.24. The molecule has 0 aliphatic carbocycles. The first-order chi connectivity index (χ1) is 10.0. The highest BCUT2D eigenvalue weighted by Gasteiger charge is 2.21. The number of hydrogen-bond donors (Lipinski definition) is 1. The first-order valence-electron chi connectivity index (χ1n) is 6.74. The number of hydrogen-bond acceptors (Lipinski definition) is 3. The summed E-state index contributed by atoms with van der Waals surface area (Å²) in [5.74, 6) is -0.678. The Morgan fingerprint density at radius 2 is 2.14 bits per heavy atom. The van der Waals surface area contributed by atoms with Crippen molar-refractivity contribution >= 4 is 5.91 Å². The van der Waals surface area contributed by atoms with Crippen molar-refractivity contribution in [2.75, 3.05) is 6.54 Å². The summed E-state index contributed by atoms with van der Waals surface area (Å²) in [4.78, 5) is 17.6. The fraction of sp³-hybridized carbons (Fsp3) is 0.250. The van der Waals surface area contributed by atoms with Gasteiger partial charge in [-0.05, 0) is 43.7 Å². The van der Waals surface area contributed by atoms with E-state index in [0.717, 1.165) is 5.56 Å². The highest BCUT2D eigenvalue weighted by atomic mass is 19.1. The second-order valence-electron chi connectivity index (χ2n) is 4.73. The molecule has 1 aromatic heterocycles. The summed E-state index contributed by atoms with van der Waals surface area (Å²) < 4.78 is 12.8. The number of nitrogens with zero attached hydrogens (tertiary/aromatic N) is 2. The van der Waals surface area contributed by atoms with Crippen LogP contribution in [0.1, 0.15) is 35.8 Å². The Morgan fingerprint density at radius 1 is 1.38 bits per heavy atom. The maximum atomic E-state index is 12.8. The van der Waals surface area contributed by atoms with Crippen LogP contribution >= 0.6 is 0 Å². The summed E-state index contributed by atoms with van der Waals surface area (Å²) in [6.07, 6.45) is 1.23. The number of pyridine rings is 1. The van der Waals surface area contributed by atoms with E-state index in [1.54, 1.807) is 23.1 Å². The Labute approximate surface area is 122 Å². The van der Waals surface area contributed by atoms with E-state index in [0.29, 0.717) is 12.1 Å². The lowest BCUT2D eigenvalue weighted by Crippen LogP contribution is -2.33. The molecule has 1 atom stereocenters. The van der Waals surface area contributed by atoms with Gasteiger partial charge >= 0.3 is 0 Å². The number of halogens is 1. The van der Waals surface area contributed by atoms with Crippen LogP contribution in [-0.2, 0) is 0 Å². The van der Waals surface area contributed by atoms with E-state index in [1.165, 1.54) is 18.3 Å². The predicted molar refractivity (Wildman–Crippen MR) is 77.4 cm³/mol. The van der Waals surface area contributed by atoms with E-state index in [2.05, 4.69) is 4.98 Å². The van der Waals surface area contributed by atoms with E-state index in [1.807, 2.05) is 19.9 Å². The van der Waals surface area contributed by atoms with Crippen molar-refractivity contribution in [3.8, 4) is 5.75 Å². The number of rotatable bonds is 4. The molecular formula is C16H17FN2O2. The molecule has 1 heterocycles. The molecular weight excluding hydrogens is 271 g/mol. The van der Waals surface area contributed by atoms with Gasteiger partial charge in [-0.15, -0.1) is 0 Å². The van der Waals surface area contributed by atoms with Crippen LogP contribution < -0.4 is 0 Å². The highest BCUT2D eigenvalue weighted by molar-refractivity contribution is 5.94. The maximum Gasteiger partial charge on any atom is 0.255 e. The Bertz CT molecular complexity index is 628. The van der Waals surface area contributed by atoms with Crippen LogP contribution in [0.5, 0.6) is 5.75 Å². The third-order valence-corrected chi connectivity index (χ3v) is 3.40. The van der Waals surface area contributed by atoms with Gasteiger partial charge in [0.05, 0.1) is 11.6 Å². The fourth-order valence-electron chi connectivity index (χ4n) is 2.23. The molecule has 21 heavy (non-hydrogen) atoms. The van der Waals surface area contributed by atoms with Crippen LogP contribution in [0.4, 0.5) is 4.39 Å². The molecule has 5 heteroatoms. The van der Waals surface area contributed by atoms with Gasteiger partial charge in [-0.1, -0.05) is 12.1 Å². The Hall–Kier alpha value is -2.43. The van der Waals surface area contributed by atoms with Crippen LogP contribution in [0.25, 0.3) is 0 Å². The molecule has 2 rings (SSSR count). The van der Waals surface area contributed by atoms with E-state index in [-0.39, 0.29) is 17.7 Å². The minimum atomic E-state index is -0.615. The number of phenolic OH excluding ortho intramolecular Hbond substituents is 1. The summed E-state index contributed by atoms with van der Waals surface area (Å²) in [7, 11) is 0. The lowest BCUT2D eigenvalue weighted by atomic mass is 10.1. The van der Waals surface area contributed by atoms with E-state index < -0.39 is 5.95 Å². The first-order valence-corrected chi connectivity index (χ1v) is 6.74. The van der Waals surface area contributed by atoms with Crippen molar-refractivity contribution in [2.45, 2.75) is 19.9 Å². The molecule has 0 aliphatic rings. The standard InChI is InChI=1S/C16H17FN2O2/c1-3-19(11(2)12-5-4-6-14(20)9-12)16(21)13-7-8-15(17)18-10-13/h4-11,20H,3H2,1-2H3. The van der Waals surface area contributed by atoms with Crippen molar-refractivity contribution in [1.29, 1.82) is 0 Å². The van der Waals surface area contributed by atoms with Crippen molar-refractivity contribution < 1.29 is 14.3 Å². The smallest absolute Gasteiger partial charge is 0.255 e. The van der Waals surface area contributed by atoms with Crippen molar-refractivity contribution in [3.63, 3.8) is 0 Å². The number of aromatic nitrogens is 1. The number of phenols is 1. The summed E-state index contributed by atoms with van der Waals surface area (Å²) in [6.45, 7) is 4.24. The molecule has 110 valence electrons. The number of carbonyl (C=O) groups is 1. The summed E-state index contributed by atoms with van der Waals surface area (Å²) in [5.41, 5.74) is 1.17. The molecule has 1 amide bonds. The number of benzene rings is 1. The Morgan fingerprint density at radius 3 is 2.71 bits per heavy atom. The van der Waals surface area contributed by atoms with Gasteiger partial charge in [0.25, 0.3) is 5.91 Å². The summed E-state index contributed by atoms with van der Waals surface area (Å²) in [6, 6.07) is 9.17. The van der Waals surface area contributed by atoms with Gasteiger partial charge in [0.2, 0.25) is 5.95 Å². The fourth-order valence-corrected chi connectivity index (χ4v) is 2.23. The molecule has 0 saturated heterocycles. The van der Waals surface area contributed by atoms with Gasteiger partial charge < -0.3 is 10.0 Å². The van der Waals surface area contributed by atoms with Crippen molar-refractivity contribution in [3.05, 3.63) is 59.7 Å². The van der Waals surface area contributed by atoms with Gasteiger partial charge in [-0.25, -0.2) is 4.98 Å². The number of aromatic hydroxyl groups is 1. The van der Waals surface area contributed by atoms with Crippen LogP contribution in [0, 0.1) is 5.95 Å².